The SMILES string of the molecule is CN=C(NCCCN1CC(C)CC(C)C1)NC1CCc2nc(COC)nn2C1.I. The number of piperidine rings is 1. The number of aliphatic imine (C=N–C) groups is 1. The van der Waals surface area contributed by atoms with Crippen LogP contribution in [0.2, 0.25) is 0 Å². The van der Waals surface area contributed by atoms with Crippen molar-refractivity contribution in [3.05, 3.63) is 11.6 Å². The number of hydrogen-bond acceptors (Lipinski definition) is 5. The van der Waals surface area contributed by atoms with Gasteiger partial charge in [-0.2, -0.15) is 5.10 Å². The molecule has 0 amide bonds. The van der Waals surface area contributed by atoms with E-state index < -0.39 is 0 Å². The molecule has 0 radical (unpaired) electrons. The highest BCUT2D eigenvalue weighted by Gasteiger charge is 2.23. The number of aromatic nitrogens is 3. The van der Waals surface area contributed by atoms with E-state index in [0.29, 0.717) is 12.6 Å². The van der Waals surface area contributed by atoms with Crippen molar-refractivity contribution < 1.29 is 4.74 Å². The number of aryl methyl sites for hydroxylation is 1. The molecule has 3 heterocycles. The molecule has 0 saturated carbocycles. The van der Waals surface area contributed by atoms with Crippen LogP contribution in [0.3, 0.4) is 0 Å². The Labute approximate surface area is 192 Å². The average Bonchev–Trinajstić information content (AvgIpc) is 3.05. The lowest BCUT2D eigenvalue weighted by Gasteiger charge is -2.35. The molecular formula is C20H38IN7O. The number of methoxy groups -OCH3 is 1. The summed E-state index contributed by atoms with van der Waals surface area (Å²) in [5.41, 5.74) is 0. The quantitative estimate of drug-likeness (QED) is 0.248. The first-order chi connectivity index (χ1) is 13.6. The molecule has 0 spiro atoms. The smallest absolute Gasteiger partial charge is 0.191 e. The number of halogens is 1. The van der Waals surface area contributed by atoms with Gasteiger partial charge < -0.3 is 20.3 Å². The molecular weight excluding hydrogens is 481 g/mol. The van der Waals surface area contributed by atoms with Crippen LogP contribution in [0.4, 0.5) is 0 Å². The molecule has 3 unspecified atom stereocenters. The Balaban J connectivity index is 0.00000300. The van der Waals surface area contributed by atoms with Crippen molar-refractivity contribution in [3.8, 4) is 0 Å². The van der Waals surface area contributed by atoms with Gasteiger partial charge in [0.05, 0.1) is 6.54 Å². The van der Waals surface area contributed by atoms with Gasteiger partial charge in [-0.15, -0.1) is 24.0 Å². The van der Waals surface area contributed by atoms with Crippen LogP contribution in [0.1, 0.15) is 44.8 Å². The molecule has 2 N–H and O–H groups in total. The lowest BCUT2D eigenvalue weighted by molar-refractivity contribution is 0.140. The minimum Gasteiger partial charge on any atom is -0.377 e. The third kappa shape index (κ3) is 7.36. The fourth-order valence-corrected chi connectivity index (χ4v) is 4.54. The van der Waals surface area contributed by atoms with Crippen LogP contribution in [0.15, 0.2) is 4.99 Å². The van der Waals surface area contributed by atoms with Crippen LogP contribution >= 0.6 is 24.0 Å². The summed E-state index contributed by atoms with van der Waals surface area (Å²) < 4.78 is 7.14. The third-order valence-corrected chi connectivity index (χ3v) is 5.63. The molecule has 2 aliphatic rings. The van der Waals surface area contributed by atoms with E-state index in [9.17, 15) is 0 Å². The van der Waals surface area contributed by atoms with Crippen molar-refractivity contribution in [2.75, 3.05) is 40.3 Å². The van der Waals surface area contributed by atoms with E-state index in [0.717, 1.165) is 68.3 Å². The highest BCUT2D eigenvalue weighted by atomic mass is 127. The Kier molecular flexibility index (Phi) is 10.1. The van der Waals surface area contributed by atoms with Gasteiger partial charge in [-0.1, -0.05) is 13.8 Å². The summed E-state index contributed by atoms with van der Waals surface area (Å²) in [6, 6.07) is 0.319. The molecule has 0 aromatic carbocycles. The molecule has 9 heteroatoms. The lowest BCUT2D eigenvalue weighted by atomic mass is 9.92. The van der Waals surface area contributed by atoms with Crippen LogP contribution in [0, 0.1) is 11.8 Å². The molecule has 0 bridgehead atoms. The lowest BCUT2D eigenvalue weighted by Crippen LogP contribution is -2.47. The Morgan fingerprint density at radius 3 is 2.69 bits per heavy atom. The number of fused-ring (bicyclic) bond motifs is 1. The van der Waals surface area contributed by atoms with Gasteiger partial charge >= 0.3 is 0 Å². The molecule has 1 aromatic rings. The maximum atomic E-state index is 5.14. The van der Waals surface area contributed by atoms with E-state index in [4.69, 9.17) is 4.74 Å². The van der Waals surface area contributed by atoms with Crippen molar-refractivity contribution in [1.82, 2.24) is 30.3 Å². The summed E-state index contributed by atoms with van der Waals surface area (Å²) in [5, 5.41) is 11.6. The van der Waals surface area contributed by atoms with Gasteiger partial charge in [-0.3, -0.25) is 4.99 Å². The van der Waals surface area contributed by atoms with Crippen molar-refractivity contribution >= 4 is 29.9 Å². The molecule has 1 saturated heterocycles. The number of likely N-dealkylation sites (tertiary alicyclic amines) is 1. The van der Waals surface area contributed by atoms with Gasteiger partial charge in [-0.05, 0) is 37.6 Å². The highest BCUT2D eigenvalue weighted by molar-refractivity contribution is 14.0. The van der Waals surface area contributed by atoms with Gasteiger partial charge in [0.1, 0.15) is 12.4 Å². The first-order valence-electron chi connectivity index (χ1n) is 10.7. The molecule has 29 heavy (non-hydrogen) atoms. The van der Waals surface area contributed by atoms with Crippen LogP contribution in [-0.2, 0) is 24.3 Å². The zero-order chi connectivity index (χ0) is 19.9. The Morgan fingerprint density at radius 1 is 1.24 bits per heavy atom. The minimum absolute atomic E-state index is 0. The molecule has 8 nitrogen and oxygen atoms in total. The number of rotatable bonds is 7. The van der Waals surface area contributed by atoms with Crippen LogP contribution in [-0.4, -0.2) is 72.0 Å². The van der Waals surface area contributed by atoms with E-state index in [1.807, 2.05) is 11.7 Å². The van der Waals surface area contributed by atoms with E-state index in [1.165, 1.54) is 19.5 Å². The van der Waals surface area contributed by atoms with Gasteiger partial charge in [0, 0.05) is 46.3 Å². The summed E-state index contributed by atoms with van der Waals surface area (Å²) in [5.74, 6) is 4.35. The first-order valence-corrected chi connectivity index (χ1v) is 10.7. The standard InChI is InChI=1S/C20H37N7O.HI/c1-15-10-16(2)12-26(11-15)9-5-8-22-20(21-3)23-17-6-7-19-24-18(14-28-4)25-27(19)13-17;/h15-17H,5-14H2,1-4H3,(H2,21,22,23);1H. The molecule has 2 aliphatic heterocycles. The number of ether oxygens (including phenoxy) is 1. The van der Waals surface area contributed by atoms with Gasteiger partial charge in [0.25, 0.3) is 0 Å². The molecule has 0 aliphatic carbocycles. The first kappa shape index (κ1) is 24.3. The Bertz CT molecular complexity index is 641. The van der Waals surface area contributed by atoms with E-state index in [2.05, 4.69) is 44.5 Å². The normalized spacial score (nSPS) is 25.2. The molecule has 3 atom stereocenters. The van der Waals surface area contributed by atoms with Crippen LogP contribution < -0.4 is 10.6 Å². The van der Waals surface area contributed by atoms with Gasteiger partial charge in [0.15, 0.2) is 11.8 Å². The summed E-state index contributed by atoms with van der Waals surface area (Å²) >= 11 is 0. The number of nitrogens with one attached hydrogen (secondary N) is 2. The zero-order valence-electron chi connectivity index (χ0n) is 18.4. The fraction of sp³-hybridized carbons (Fsp3) is 0.850. The second kappa shape index (κ2) is 12.0. The fourth-order valence-electron chi connectivity index (χ4n) is 4.54. The van der Waals surface area contributed by atoms with Crippen molar-refractivity contribution in [2.24, 2.45) is 16.8 Å². The van der Waals surface area contributed by atoms with E-state index in [1.54, 1.807) is 7.11 Å². The maximum absolute atomic E-state index is 5.14. The van der Waals surface area contributed by atoms with Crippen molar-refractivity contribution in [2.45, 2.75) is 58.7 Å². The molecule has 1 fully saturated rings. The van der Waals surface area contributed by atoms with Crippen molar-refractivity contribution in [3.63, 3.8) is 0 Å². The maximum Gasteiger partial charge on any atom is 0.191 e. The van der Waals surface area contributed by atoms with Crippen molar-refractivity contribution in [1.29, 1.82) is 0 Å². The topological polar surface area (TPSA) is 79.6 Å². The predicted molar refractivity (Wildman–Crippen MR) is 127 cm³/mol. The summed E-state index contributed by atoms with van der Waals surface area (Å²) in [7, 11) is 3.51. The molecule has 166 valence electrons. The van der Waals surface area contributed by atoms with E-state index >= 15 is 0 Å². The van der Waals surface area contributed by atoms with E-state index in [-0.39, 0.29) is 24.0 Å². The number of hydrogen-bond donors (Lipinski definition) is 2. The third-order valence-electron chi connectivity index (χ3n) is 5.63. The van der Waals surface area contributed by atoms with Crippen LogP contribution in [0.5, 0.6) is 0 Å². The van der Waals surface area contributed by atoms with Crippen LogP contribution in [0.25, 0.3) is 0 Å². The largest absolute Gasteiger partial charge is 0.377 e. The number of nitrogens with zero attached hydrogens (tertiary/aromatic N) is 5. The monoisotopic (exact) mass is 519 g/mol. The van der Waals surface area contributed by atoms with Gasteiger partial charge in [0.2, 0.25) is 0 Å². The average molecular weight is 519 g/mol. The second-order valence-electron chi connectivity index (χ2n) is 8.50. The number of guanidine groups is 1. The minimum atomic E-state index is 0. The Morgan fingerprint density at radius 2 is 2.00 bits per heavy atom. The predicted octanol–water partition coefficient (Wildman–Crippen LogP) is 1.89. The summed E-state index contributed by atoms with van der Waals surface area (Å²) in [6.07, 6.45) is 4.47. The van der Waals surface area contributed by atoms with Gasteiger partial charge in [-0.25, -0.2) is 9.67 Å². The molecule has 1 aromatic heterocycles. The molecule has 3 rings (SSSR count). The Hall–Kier alpha value is -0.940. The second-order valence-corrected chi connectivity index (χ2v) is 8.50. The summed E-state index contributed by atoms with van der Waals surface area (Å²) in [4.78, 5) is 11.5. The summed E-state index contributed by atoms with van der Waals surface area (Å²) in [6.45, 7) is 10.6. The highest BCUT2D eigenvalue weighted by Crippen LogP contribution is 2.20. The zero-order valence-corrected chi connectivity index (χ0v) is 20.7.